The molecule has 2 fully saturated rings. The van der Waals surface area contributed by atoms with E-state index in [0.717, 1.165) is 23.4 Å². The maximum Gasteiger partial charge on any atom is 0.254 e. The number of amides is 1. The molecule has 1 saturated heterocycles. The Labute approximate surface area is 229 Å². The van der Waals surface area contributed by atoms with Crippen LogP contribution in [0, 0.1) is 19.8 Å². The molecule has 1 aliphatic carbocycles. The summed E-state index contributed by atoms with van der Waals surface area (Å²) >= 11 is 8.01. The van der Waals surface area contributed by atoms with E-state index < -0.39 is 11.7 Å². The van der Waals surface area contributed by atoms with E-state index in [4.69, 9.17) is 21.1 Å². The number of hydrogen-bond donors (Lipinski definition) is 2. The standard InChI is InChI=1S/C27H32ClF2N3O4S/c1-14-9-21(38-4)19(25(35)32-14)13-31-24(34)18-10-20(28)23-22(15(18)2)36-26(3,37-23)16-5-7-33(8-6-16)17-11-27(29,30)12-17/h9-10,16-17H,5-8,11-13H2,1-4H3,(H,31,34)(H,32,35)/t26-/m1/s1. The summed E-state index contributed by atoms with van der Waals surface area (Å²) in [6.07, 6.45) is 3.25. The largest absolute Gasteiger partial charge is 0.448 e. The van der Waals surface area contributed by atoms with Crippen molar-refractivity contribution >= 4 is 29.3 Å². The van der Waals surface area contributed by atoms with E-state index in [2.05, 4.69) is 15.2 Å². The number of rotatable bonds is 6. The fourth-order valence-corrected chi connectivity index (χ4v) is 6.66. The third kappa shape index (κ3) is 5.02. The highest BCUT2D eigenvalue weighted by Crippen LogP contribution is 2.51. The maximum atomic E-state index is 13.3. The highest BCUT2D eigenvalue weighted by molar-refractivity contribution is 7.98. The zero-order valence-corrected chi connectivity index (χ0v) is 23.5. The summed E-state index contributed by atoms with van der Waals surface area (Å²) in [6, 6.07) is 3.39. The van der Waals surface area contributed by atoms with Crippen LogP contribution in [0.3, 0.4) is 0 Å². The van der Waals surface area contributed by atoms with Gasteiger partial charge in [0.15, 0.2) is 11.5 Å². The second kappa shape index (κ2) is 10.0. The zero-order valence-electron chi connectivity index (χ0n) is 21.9. The van der Waals surface area contributed by atoms with Crippen LogP contribution in [-0.2, 0) is 6.54 Å². The molecule has 3 heterocycles. The van der Waals surface area contributed by atoms with Crippen molar-refractivity contribution in [1.82, 2.24) is 15.2 Å². The number of alkyl halides is 2. The van der Waals surface area contributed by atoms with Gasteiger partial charge in [0.05, 0.1) is 5.02 Å². The van der Waals surface area contributed by atoms with E-state index >= 15 is 0 Å². The van der Waals surface area contributed by atoms with Crippen LogP contribution in [-0.4, -0.2) is 52.9 Å². The molecule has 1 aromatic carbocycles. The molecule has 1 atom stereocenters. The number of H-pyrrole nitrogens is 1. The predicted molar refractivity (Wildman–Crippen MR) is 143 cm³/mol. The Bertz CT molecular complexity index is 1320. The number of nitrogens with zero attached hydrogens (tertiary/aromatic N) is 1. The first kappa shape index (κ1) is 27.3. The van der Waals surface area contributed by atoms with Crippen molar-refractivity contribution in [3.63, 3.8) is 0 Å². The third-order valence-corrected chi connectivity index (χ3v) is 9.11. The molecule has 2 aromatic rings. The highest BCUT2D eigenvalue weighted by atomic mass is 35.5. The lowest BCUT2D eigenvalue weighted by Crippen LogP contribution is -2.55. The average Bonchev–Trinajstić information content (AvgIpc) is 3.23. The summed E-state index contributed by atoms with van der Waals surface area (Å²) in [6.45, 7) is 6.95. The fourth-order valence-electron chi connectivity index (χ4n) is 5.72. The summed E-state index contributed by atoms with van der Waals surface area (Å²) < 4.78 is 39.3. The van der Waals surface area contributed by atoms with Crippen molar-refractivity contribution in [2.45, 2.75) is 75.6 Å². The summed E-state index contributed by atoms with van der Waals surface area (Å²) in [5.74, 6) is -2.99. The quantitative estimate of drug-likeness (QED) is 0.461. The van der Waals surface area contributed by atoms with E-state index in [1.54, 1.807) is 13.0 Å². The summed E-state index contributed by atoms with van der Waals surface area (Å²) in [5.41, 5.74) is 1.96. The first-order valence-electron chi connectivity index (χ1n) is 12.8. The SMILES string of the molecule is CSc1cc(C)[nH]c(=O)c1CNC(=O)c1cc(Cl)c2c(c1C)O[C@@](C)(C1CCN(C3CC(F)(F)C3)CC1)O2. The Hall–Kier alpha value is -2.30. The van der Waals surface area contributed by atoms with Crippen LogP contribution in [0.25, 0.3) is 0 Å². The minimum atomic E-state index is -2.53. The average molecular weight is 568 g/mol. The Morgan fingerprint density at radius 3 is 2.50 bits per heavy atom. The number of halogens is 3. The number of hydrogen-bond acceptors (Lipinski definition) is 6. The molecule has 0 spiro atoms. The molecular weight excluding hydrogens is 536 g/mol. The van der Waals surface area contributed by atoms with Gasteiger partial charge in [-0.3, -0.25) is 14.5 Å². The number of ether oxygens (including phenoxy) is 2. The van der Waals surface area contributed by atoms with Crippen LogP contribution in [0.5, 0.6) is 11.5 Å². The Morgan fingerprint density at radius 2 is 1.87 bits per heavy atom. The first-order chi connectivity index (χ1) is 17.9. The van der Waals surface area contributed by atoms with Crippen LogP contribution in [0.4, 0.5) is 8.78 Å². The number of nitrogens with one attached hydrogen (secondary N) is 2. The number of fused-ring (bicyclic) bond motifs is 1. The van der Waals surface area contributed by atoms with E-state index in [1.807, 2.05) is 26.2 Å². The van der Waals surface area contributed by atoms with E-state index in [9.17, 15) is 18.4 Å². The second-order valence-corrected chi connectivity index (χ2v) is 11.9. The van der Waals surface area contributed by atoms with Gasteiger partial charge in [0.1, 0.15) is 0 Å². The smallest absolute Gasteiger partial charge is 0.254 e. The van der Waals surface area contributed by atoms with Crippen molar-refractivity contribution in [2.24, 2.45) is 5.92 Å². The number of piperidine rings is 1. The molecule has 1 saturated carbocycles. The molecule has 5 rings (SSSR count). The van der Waals surface area contributed by atoms with Crippen LogP contribution < -0.4 is 20.3 Å². The van der Waals surface area contributed by atoms with Crippen LogP contribution in [0.2, 0.25) is 5.02 Å². The fraction of sp³-hybridized carbons (Fsp3) is 0.556. The van der Waals surface area contributed by atoms with Crippen LogP contribution in [0.1, 0.15) is 59.8 Å². The Kier molecular flexibility index (Phi) is 7.19. The summed E-state index contributed by atoms with van der Waals surface area (Å²) in [7, 11) is 0. The Balaban J connectivity index is 1.28. The minimum absolute atomic E-state index is 0.0395. The lowest BCUT2D eigenvalue weighted by Gasteiger charge is -2.46. The van der Waals surface area contributed by atoms with Crippen molar-refractivity contribution in [3.05, 3.63) is 49.9 Å². The van der Waals surface area contributed by atoms with Crippen molar-refractivity contribution < 1.29 is 23.0 Å². The monoisotopic (exact) mass is 567 g/mol. The van der Waals surface area contributed by atoms with Gasteiger partial charge >= 0.3 is 0 Å². The molecule has 7 nitrogen and oxygen atoms in total. The topological polar surface area (TPSA) is 83.7 Å². The molecule has 38 heavy (non-hydrogen) atoms. The molecule has 0 unspecified atom stereocenters. The molecule has 2 aliphatic heterocycles. The van der Waals surface area contributed by atoms with Gasteiger partial charge in [-0.05, 0) is 58.2 Å². The van der Waals surface area contributed by atoms with E-state index in [-0.39, 0.29) is 47.8 Å². The second-order valence-electron chi connectivity index (χ2n) is 10.6. The summed E-state index contributed by atoms with van der Waals surface area (Å²) in [4.78, 5) is 31.3. The summed E-state index contributed by atoms with van der Waals surface area (Å²) in [5, 5.41) is 3.11. The number of benzene rings is 1. The molecule has 1 amide bonds. The first-order valence-corrected chi connectivity index (χ1v) is 14.4. The molecule has 3 aliphatic rings. The minimum Gasteiger partial charge on any atom is -0.448 e. The predicted octanol–water partition coefficient (Wildman–Crippen LogP) is 5.29. The van der Waals surface area contributed by atoms with Crippen molar-refractivity contribution in [1.29, 1.82) is 0 Å². The van der Waals surface area contributed by atoms with Gasteiger partial charge in [-0.25, -0.2) is 8.78 Å². The number of thioether (sulfide) groups is 1. The number of aryl methyl sites for hydroxylation is 1. The van der Waals surface area contributed by atoms with Gasteiger partial charge in [0, 0.05) is 65.5 Å². The molecule has 1 aromatic heterocycles. The molecule has 0 radical (unpaired) electrons. The van der Waals surface area contributed by atoms with Crippen LogP contribution in [0.15, 0.2) is 21.8 Å². The van der Waals surface area contributed by atoms with Crippen LogP contribution >= 0.6 is 23.4 Å². The molecule has 11 heteroatoms. The number of pyridine rings is 1. The van der Waals surface area contributed by atoms with E-state index in [1.165, 1.54) is 11.8 Å². The number of carbonyl (C=O) groups excluding carboxylic acids is 1. The van der Waals surface area contributed by atoms with Gasteiger partial charge < -0.3 is 19.8 Å². The van der Waals surface area contributed by atoms with Gasteiger partial charge in [0.25, 0.3) is 23.2 Å². The molecule has 206 valence electrons. The molecule has 2 N–H and O–H groups in total. The third-order valence-electron chi connectivity index (χ3n) is 8.02. The molecule has 0 bridgehead atoms. The Morgan fingerprint density at radius 1 is 1.21 bits per heavy atom. The van der Waals surface area contributed by atoms with Gasteiger partial charge in [-0.1, -0.05) is 11.6 Å². The zero-order chi connectivity index (χ0) is 27.4. The van der Waals surface area contributed by atoms with Gasteiger partial charge in [-0.2, -0.15) is 0 Å². The number of likely N-dealkylation sites (tertiary alicyclic amines) is 1. The van der Waals surface area contributed by atoms with Crippen molar-refractivity contribution in [3.8, 4) is 11.5 Å². The van der Waals surface area contributed by atoms with Gasteiger partial charge in [-0.15, -0.1) is 11.8 Å². The normalized spacial score (nSPS) is 23.3. The van der Waals surface area contributed by atoms with Gasteiger partial charge in [0.2, 0.25) is 0 Å². The van der Waals surface area contributed by atoms with Crippen molar-refractivity contribution in [2.75, 3.05) is 19.3 Å². The maximum absolute atomic E-state index is 13.3. The lowest BCUT2D eigenvalue weighted by molar-refractivity contribution is -0.151. The molecular formula is C27H32ClF2N3O4S. The number of aromatic nitrogens is 1. The van der Waals surface area contributed by atoms with E-state index in [0.29, 0.717) is 41.3 Å². The highest BCUT2D eigenvalue weighted by Gasteiger charge is 2.51. The number of aromatic amines is 1. The number of carbonyl (C=O) groups is 1. The lowest BCUT2D eigenvalue weighted by atomic mass is 9.83.